The lowest BCUT2D eigenvalue weighted by Crippen LogP contribution is -2.69. The van der Waals surface area contributed by atoms with Gasteiger partial charge in [0.15, 0.2) is 0 Å². The third-order valence-electron chi connectivity index (χ3n) is 15.6. The maximum absolute atomic E-state index is 14.6. The Morgan fingerprint density at radius 3 is 2.05 bits per heavy atom. The number of benzene rings is 2. The van der Waals surface area contributed by atoms with Crippen LogP contribution in [0, 0.1) is 27.9 Å². The van der Waals surface area contributed by atoms with E-state index in [9.17, 15) is 29.9 Å². The number of likely N-dealkylation sites (N-methyl/N-ethyl adjacent to an activating group) is 1. The first-order valence-electron chi connectivity index (χ1n) is 28.8. The summed E-state index contributed by atoms with van der Waals surface area (Å²) in [6, 6.07) is 11.1. The van der Waals surface area contributed by atoms with E-state index < -0.39 is 28.8 Å². The van der Waals surface area contributed by atoms with Crippen LogP contribution in [-0.2, 0) is 21.0 Å². The summed E-state index contributed by atoms with van der Waals surface area (Å²) in [4.78, 5) is 46.9. The van der Waals surface area contributed by atoms with Crippen LogP contribution >= 0.6 is 0 Å². The molecular weight excluding hydrogens is 937 g/mol. The normalized spacial score (nSPS) is 21.2. The highest BCUT2D eigenvalue weighted by atomic mass is 16.7. The summed E-state index contributed by atoms with van der Waals surface area (Å²) in [6.07, 6.45) is 30.7. The van der Waals surface area contributed by atoms with Gasteiger partial charge in [0.05, 0.1) is 23.2 Å². The van der Waals surface area contributed by atoms with Crippen LogP contribution in [0.25, 0.3) is 0 Å². The molecule has 0 aromatic heterocycles. The van der Waals surface area contributed by atoms with Gasteiger partial charge in [-0.3, -0.25) is 14.9 Å². The number of amides is 2. The molecule has 412 valence electrons. The number of rotatable bonds is 38. The summed E-state index contributed by atoms with van der Waals surface area (Å²) in [5, 5.41) is 39.3. The first-order chi connectivity index (χ1) is 36.1. The minimum absolute atomic E-state index is 0.00669. The van der Waals surface area contributed by atoms with Crippen molar-refractivity contribution in [1.29, 1.82) is 0 Å². The van der Waals surface area contributed by atoms with Crippen LogP contribution in [0.1, 0.15) is 204 Å². The Bertz CT molecular complexity index is 2060. The molecule has 0 spiro atoms. The fourth-order valence-corrected chi connectivity index (χ4v) is 11.6. The number of carbonyl (C=O) groups excluding carboxylic acids is 2. The van der Waals surface area contributed by atoms with Crippen molar-refractivity contribution in [3.8, 4) is 11.5 Å². The number of non-ortho nitro benzene ring substituents is 1. The molecule has 1 heterocycles. The van der Waals surface area contributed by atoms with E-state index in [0.29, 0.717) is 48.6 Å². The molecule has 2 aromatic carbocycles. The van der Waals surface area contributed by atoms with Gasteiger partial charge in [0.25, 0.3) is 5.69 Å². The Morgan fingerprint density at radius 2 is 1.45 bits per heavy atom. The van der Waals surface area contributed by atoms with E-state index in [2.05, 4.69) is 31.8 Å². The third-order valence-corrected chi connectivity index (χ3v) is 15.6. The Kier molecular flexibility index (Phi) is 27.0. The highest BCUT2D eigenvalue weighted by molar-refractivity contribution is 6.03. The zero-order valence-electron chi connectivity index (χ0n) is 45.4. The van der Waals surface area contributed by atoms with Gasteiger partial charge in [-0.05, 0) is 91.8 Å². The van der Waals surface area contributed by atoms with Crippen molar-refractivity contribution in [2.24, 2.45) is 22.9 Å². The molecule has 74 heavy (non-hydrogen) atoms. The summed E-state index contributed by atoms with van der Waals surface area (Å²) in [6.45, 7) is 9.37. The third kappa shape index (κ3) is 17.9. The molecule has 2 aliphatic carbocycles. The maximum atomic E-state index is 14.6. The van der Waals surface area contributed by atoms with E-state index in [1.54, 1.807) is 29.2 Å². The number of nitro benzene ring substituents is 1. The number of nitro groups is 1. The summed E-state index contributed by atoms with van der Waals surface area (Å²) in [7, 11) is 1.84. The molecule has 2 aromatic rings. The molecule has 1 aliphatic heterocycles. The molecule has 1 fully saturated rings. The number of aliphatic hydroxyl groups excluding tert-OH is 2. The molecule has 0 radical (unpaired) electrons. The van der Waals surface area contributed by atoms with E-state index >= 15 is 0 Å². The molecule has 0 unspecified atom stereocenters. The molecule has 2 amide bonds. The van der Waals surface area contributed by atoms with Gasteiger partial charge in [-0.25, -0.2) is 4.79 Å². The van der Waals surface area contributed by atoms with Gasteiger partial charge in [0.1, 0.15) is 24.1 Å². The van der Waals surface area contributed by atoms with Crippen molar-refractivity contribution in [3.63, 3.8) is 0 Å². The van der Waals surface area contributed by atoms with Crippen LogP contribution in [0.2, 0.25) is 0 Å². The highest BCUT2D eigenvalue weighted by Crippen LogP contribution is 2.62. The number of hydrogen-bond donors (Lipinski definition) is 3. The Labute approximate surface area is 443 Å². The van der Waals surface area contributed by atoms with Crippen LogP contribution in [0.4, 0.5) is 10.5 Å². The van der Waals surface area contributed by atoms with Crippen LogP contribution in [0.3, 0.4) is 0 Å². The number of hydrogen-bond acceptors (Lipinski definition) is 11. The Morgan fingerprint density at radius 1 is 0.838 bits per heavy atom. The molecule has 6 atom stereocenters. The lowest BCUT2D eigenvalue weighted by Gasteiger charge is -2.59. The minimum Gasteiger partial charge on any atom is -0.459 e. The fraction of sp³-hybridized carbons (Fsp3) is 0.683. The predicted molar refractivity (Wildman–Crippen MR) is 293 cm³/mol. The van der Waals surface area contributed by atoms with E-state index in [0.717, 1.165) is 81.8 Å². The van der Waals surface area contributed by atoms with E-state index in [4.69, 9.17) is 24.2 Å². The summed E-state index contributed by atoms with van der Waals surface area (Å²) < 4.78 is 20.4. The van der Waals surface area contributed by atoms with Gasteiger partial charge >= 0.3 is 6.09 Å². The van der Waals surface area contributed by atoms with Gasteiger partial charge in [-0.15, -0.1) is 6.58 Å². The van der Waals surface area contributed by atoms with Gasteiger partial charge in [-0.1, -0.05) is 153 Å². The first kappa shape index (κ1) is 60.1. The quantitative estimate of drug-likeness (QED) is 0.0253. The lowest BCUT2D eigenvalue weighted by molar-refractivity contribution is -0.384. The molecule has 5 rings (SSSR count). The van der Waals surface area contributed by atoms with Crippen molar-refractivity contribution >= 4 is 23.4 Å². The summed E-state index contributed by atoms with van der Waals surface area (Å²) in [5.41, 5.74) is 3.09. The SMILES string of the molecule is C=CCO[C@@]12Oc3ccc(OC(=O)NCCCCCCCCCCCC)cc3[C@H]3[C@H](CCCCO)[C@@H](CCCCO)C=C(C(=NOCc4ccc([N+](=O)[O-])cc4)C[C@@H]1N(C)C(=O)CCCCCCCCCCC)[C@H]32. The zero-order chi connectivity index (χ0) is 53.0. The van der Waals surface area contributed by atoms with Crippen molar-refractivity contribution in [2.45, 2.75) is 212 Å². The molecule has 0 bridgehead atoms. The van der Waals surface area contributed by atoms with Gasteiger partial charge in [0.2, 0.25) is 11.7 Å². The van der Waals surface area contributed by atoms with Crippen LogP contribution in [-0.4, -0.2) is 83.0 Å². The average molecular weight is 1030 g/mol. The highest BCUT2D eigenvalue weighted by Gasteiger charge is 2.65. The largest absolute Gasteiger partial charge is 0.459 e. The second-order valence-corrected chi connectivity index (χ2v) is 21.1. The lowest BCUT2D eigenvalue weighted by atomic mass is 9.55. The molecular formula is C60H92N4O10. The number of nitrogens with zero attached hydrogens (tertiary/aromatic N) is 3. The van der Waals surface area contributed by atoms with Crippen molar-refractivity contribution in [2.75, 3.05) is 33.4 Å². The van der Waals surface area contributed by atoms with Gasteiger partial charge in [-0.2, -0.15) is 0 Å². The van der Waals surface area contributed by atoms with Crippen LogP contribution in [0.5, 0.6) is 11.5 Å². The fourth-order valence-electron chi connectivity index (χ4n) is 11.6. The number of aliphatic hydroxyl groups is 2. The number of unbranched alkanes of at least 4 members (excludes halogenated alkanes) is 19. The van der Waals surface area contributed by atoms with Crippen molar-refractivity contribution in [3.05, 3.63) is 88.0 Å². The Hall–Kier alpha value is -4.79. The molecule has 14 heteroatoms. The summed E-state index contributed by atoms with van der Waals surface area (Å²) >= 11 is 0. The van der Waals surface area contributed by atoms with Crippen LogP contribution in [0.15, 0.2) is 71.9 Å². The number of nitrogens with one attached hydrogen (secondary N) is 1. The summed E-state index contributed by atoms with van der Waals surface area (Å²) in [5.74, 6) is -1.27. The monoisotopic (exact) mass is 1030 g/mol. The molecule has 14 nitrogen and oxygen atoms in total. The minimum atomic E-state index is -1.40. The number of fused-ring (bicyclic) bond motifs is 2. The van der Waals surface area contributed by atoms with Gasteiger partial charge in [0, 0.05) is 63.3 Å². The topological polar surface area (TPSA) is 182 Å². The second-order valence-electron chi connectivity index (χ2n) is 21.1. The number of allylic oxidation sites excluding steroid dienone is 1. The number of oxime groups is 1. The molecule has 3 aliphatic rings. The molecule has 1 saturated carbocycles. The first-order valence-corrected chi connectivity index (χ1v) is 28.8. The van der Waals surface area contributed by atoms with Gasteiger partial charge < -0.3 is 39.5 Å². The maximum Gasteiger partial charge on any atom is 0.412 e. The standard InChI is InChI=1S/C60H92N4O10/c1-5-8-10-12-14-16-18-20-22-26-38-61-59(68)73-49-36-37-54-52(43-49)57-50(30-25-28-40-66)47(29-24-27-39-65)42-51-53(62-72-45-46-32-34-48(35-33-46)64(69)70)44-55(60(74-54,58(51)57)71-41-7-3)63(4)56(67)31-23-21-19-17-15-13-11-9-6-2/h7,32-37,42-43,47,50,55,57-58,65-66H,3,5-6,8-31,38-41,44-45H2,1-2,4H3,(H,61,68)/t47-,50+,55-,57+,58+,60+/m0/s1. The van der Waals surface area contributed by atoms with Crippen molar-refractivity contribution in [1.82, 2.24) is 10.2 Å². The number of ether oxygens (including phenoxy) is 3. The van der Waals surface area contributed by atoms with E-state index in [1.807, 2.05) is 19.2 Å². The van der Waals surface area contributed by atoms with E-state index in [1.165, 1.54) is 89.2 Å². The molecule has 0 saturated heterocycles. The average Bonchev–Trinajstić information content (AvgIpc) is 3.41. The number of carbonyl (C=O) groups is 2. The second kappa shape index (κ2) is 33.3. The predicted octanol–water partition coefficient (Wildman–Crippen LogP) is 13.8. The molecule has 3 N–H and O–H groups in total. The zero-order valence-corrected chi connectivity index (χ0v) is 45.4. The smallest absolute Gasteiger partial charge is 0.412 e. The van der Waals surface area contributed by atoms with Crippen LogP contribution < -0.4 is 14.8 Å². The Balaban J connectivity index is 1.50. The van der Waals surface area contributed by atoms with Crippen molar-refractivity contribution < 1.29 is 43.8 Å². The van der Waals surface area contributed by atoms with E-state index in [-0.39, 0.29) is 62.2 Å².